The van der Waals surface area contributed by atoms with Crippen molar-refractivity contribution in [3.63, 3.8) is 0 Å². The van der Waals surface area contributed by atoms with E-state index in [1.54, 1.807) is 12.1 Å². The highest BCUT2D eigenvalue weighted by Gasteiger charge is 2.48. The highest BCUT2D eigenvalue weighted by atomic mass is 31.1. The maximum atomic E-state index is 13.7. The molecule has 1 heterocycles. The molecule has 0 aliphatic heterocycles. The van der Waals surface area contributed by atoms with Crippen molar-refractivity contribution in [1.82, 2.24) is 4.98 Å². The fourth-order valence-corrected chi connectivity index (χ4v) is 4.72. The van der Waals surface area contributed by atoms with Crippen LogP contribution in [0.4, 0.5) is 4.39 Å². The zero-order chi connectivity index (χ0) is 25.9. The Morgan fingerprint density at radius 1 is 1.11 bits per heavy atom. The molecule has 0 saturated heterocycles. The van der Waals surface area contributed by atoms with Crippen molar-refractivity contribution in [2.45, 2.75) is 44.9 Å². The van der Waals surface area contributed by atoms with Gasteiger partial charge in [-0.15, -0.1) is 6.58 Å². The van der Waals surface area contributed by atoms with E-state index in [9.17, 15) is 23.7 Å². The van der Waals surface area contributed by atoms with E-state index in [4.69, 9.17) is 9.72 Å². The van der Waals surface area contributed by atoms with Gasteiger partial charge in [-0.25, -0.2) is 14.2 Å². The number of benzene rings is 2. The summed E-state index contributed by atoms with van der Waals surface area (Å²) in [6, 6.07) is 15.2. The third-order valence-corrected chi connectivity index (χ3v) is 7.55. The highest BCUT2D eigenvalue weighted by Crippen LogP contribution is 2.45. The molecule has 0 fully saturated rings. The Bertz CT molecular complexity index is 1260. The van der Waals surface area contributed by atoms with Gasteiger partial charge in [0, 0.05) is 11.1 Å². The molecule has 2 N–H and O–H groups in total. The van der Waals surface area contributed by atoms with Gasteiger partial charge in [0.15, 0.2) is 10.9 Å². The standard InChI is InChI=1S/C27H29FNO5P/c1-6-27(18(5)30,35(32)33)26(31)34-25-22(19-12-14-21(28)15-13-19)17(4)24(29-23(25)16(2)3)20-10-8-7-9-11-20/h6-16,18,30,35H,1H2,2-5H3,(H,32,33). The van der Waals surface area contributed by atoms with Crippen molar-refractivity contribution in [1.29, 1.82) is 0 Å². The summed E-state index contributed by atoms with van der Waals surface area (Å²) in [5.41, 5.74) is 3.69. The molecule has 184 valence electrons. The van der Waals surface area contributed by atoms with E-state index in [0.29, 0.717) is 28.1 Å². The molecule has 0 aliphatic carbocycles. The average molecular weight is 498 g/mol. The molecule has 3 rings (SSSR count). The van der Waals surface area contributed by atoms with Crippen LogP contribution >= 0.6 is 8.03 Å². The second kappa shape index (κ2) is 10.6. The second-order valence-electron chi connectivity index (χ2n) is 8.65. The van der Waals surface area contributed by atoms with Crippen LogP contribution < -0.4 is 4.74 Å². The number of halogens is 1. The summed E-state index contributed by atoms with van der Waals surface area (Å²) in [5.74, 6) is -1.67. The van der Waals surface area contributed by atoms with Gasteiger partial charge in [0.25, 0.3) is 0 Å². The molecule has 0 amide bonds. The fraction of sp³-hybridized carbons (Fsp3) is 0.259. The predicted molar refractivity (Wildman–Crippen MR) is 135 cm³/mol. The number of aliphatic hydroxyl groups excluding tert-OH is 1. The van der Waals surface area contributed by atoms with Gasteiger partial charge in [-0.2, -0.15) is 0 Å². The normalized spacial score (nSPS) is 14.7. The van der Waals surface area contributed by atoms with Gasteiger partial charge in [0.1, 0.15) is 5.82 Å². The van der Waals surface area contributed by atoms with Gasteiger partial charge < -0.3 is 14.7 Å². The van der Waals surface area contributed by atoms with Crippen molar-refractivity contribution in [2.24, 2.45) is 0 Å². The summed E-state index contributed by atoms with van der Waals surface area (Å²) in [6.45, 7) is 10.3. The summed E-state index contributed by atoms with van der Waals surface area (Å²) in [7, 11) is -3.64. The lowest BCUT2D eigenvalue weighted by Crippen LogP contribution is -2.46. The topological polar surface area (TPSA) is 96.7 Å². The first-order chi connectivity index (χ1) is 16.5. The van der Waals surface area contributed by atoms with Gasteiger partial charge in [-0.1, -0.05) is 62.4 Å². The second-order valence-corrected chi connectivity index (χ2v) is 10.1. The van der Waals surface area contributed by atoms with E-state index in [0.717, 1.165) is 11.6 Å². The third-order valence-electron chi connectivity index (χ3n) is 6.02. The van der Waals surface area contributed by atoms with E-state index in [-0.39, 0.29) is 11.7 Å². The van der Waals surface area contributed by atoms with Crippen molar-refractivity contribution >= 4 is 14.0 Å². The summed E-state index contributed by atoms with van der Waals surface area (Å²) in [4.78, 5) is 28.2. The molecule has 0 radical (unpaired) electrons. The van der Waals surface area contributed by atoms with Crippen molar-refractivity contribution in [3.8, 4) is 28.1 Å². The zero-order valence-corrected chi connectivity index (χ0v) is 21.1. The van der Waals surface area contributed by atoms with E-state index in [2.05, 4.69) is 6.58 Å². The van der Waals surface area contributed by atoms with Gasteiger partial charge in [0.05, 0.1) is 17.5 Å². The summed E-state index contributed by atoms with van der Waals surface area (Å²) < 4.78 is 31.8. The zero-order valence-electron chi connectivity index (χ0n) is 20.1. The Morgan fingerprint density at radius 2 is 1.71 bits per heavy atom. The Hall–Kier alpha value is -3.12. The average Bonchev–Trinajstić information content (AvgIpc) is 2.81. The first-order valence-corrected chi connectivity index (χ1v) is 12.5. The van der Waals surface area contributed by atoms with Crippen LogP contribution in [0.3, 0.4) is 0 Å². The lowest BCUT2D eigenvalue weighted by atomic mass is 9.92. The van der Waals surface area contributed by atoms with Crippen LogP contribution in [0, 0.1) is 12.7 Å². The molecule has 0 spiro atoms. The van der Waals surface area contributed by atoms with Gasteiger partial charge in [-0.3, -0.25) is 4.57 Å². The molecule has 35 heavy (non-hydrogen) atoms. The van der Waals surface area contributed by atoms with E-state index in [1.807, 2.05) is 51.1 Å². The molecule has 2 aromatic carbocycles. The number of aliphatic hydroxyl groups is 1. The summed E-state index contributed by atoms with van der Waals surface area (Å²) in [5, 5.41) is 8.06. The van der Waals surface area contributed by atoms with Crippen LogP contribution in [0.15, 0.2) is 67.3 Å². The molecule has 3 aromatic rings. The number of rotatable bonds is 8. The van der Waals surface area contributed by atoms with Crippen LogP contribution in [-0.4, -0.2) is 32.2 Å². The molecule has 0 bridgehead atoms. The molecule has 0 saturated carbocycles. The quantitative estimate of drug-likeness (QED) is 0.237. The van der Waals surface area contributed by atoms with Gasteiger partial charge >= 0.3 is 5.97 Å². The van der Waals surface area contributed by atoms with Crippen LogP contribution in [0.1, 0.15) is 37.9 Å². The van der Waals surface area contributed by atoms with E-state index in [1.165, 1.54) is 19.1 Å². The number of hydrogen-bond donors (Lipinski definition) is 2. The minimum absolute atomic E-state index is 0.0870. The number of hydrogen-bond acceptors (Lipinski definition) is 5. The van der Waals surface area contributed by atoms with Crippen molar-refractivity contribution in [2.75, 3.05) is 0 Å². The molecule has 1 aromatic heterocycles. The number of esters is 1. The lowest BCUT2D eigenvalue weighted by molar-refractivity contribution is -0.138. The van der Waals surface area contributed by atoms with Crippen LogP contribution in [-0.2, 0) is 9.36 Å². The molecular formula is C27H29FNO5P. The first-order valence-electron chi connectivity index (χ1n) is 11.2. The molecule has 8 heteroatoms. The van der Waals surface area contributed by atoms with Crippen molar-refractivity contribution in [3.05, 3.63) is 84.3 Å². The first kappa shape index (κ1) is 26.5. The number of carbonyl (C=O) groups is 1. The Labute approximate surface area is 205 Å². The largest absolute Gasteiger partial charge is 0.423 e. The number of carbonyl (C=O) groups excluding carboxylic acids is 1. The maximum absolute atomic E-state index is 13.7. The van der Waals surface area contributed by atoms with E-state index < -0.39 is 31.1 Å². The molecule has 0 aliphatic rings. The lowest BCUT2D eigenvalue weighted by Gasteiger charge is -2.29. The SMILES string of the molecule is C=CC(C(=O)Oc1c(C(C)C)nc(-c2ccccc2)c(C)c1-c1ccc(F)cc1)(C(C)O)[PH](=O)O. The smallest absolute Gasteiger partial charge is 0.333 e. The number of aromatic nitrogens is 1. The number of pyridine rings is 1. The molecular weight excluding hydrogens is 468 g/mol. The van der Waals surface area contributed by atoms with Gasteiger partial charge in [-0.05, 0) is 43.0 Å². The minimum Gasteiger partial charge on any atom is -0.423 e. The van der Waals surface area contributed by atoms with E-state index >= 15 is 0 Å². The Kier molecular flexibility index (Phi) is 8.06. The van der Waals surface area contributed by atoms with Crippen LogP contribution in [0.25, 0.3) is 22.4 Å². The summed E-state index contributed by atoms with van der Waals surface area (Å²) in [6.07, 6.45) is -0.578. The third kappa shape index (κ3) is 4.98. The highest BCUT2D eigenvalue weighted by molar-refractivity contribution is 7.42. The van der Waals surface area contributed by atoms with Crippen LogP contribution in [0.5, 0.6) is 5.75 Å². The minimum atomic E-state index is -3.64. The van der Waals surface area contributed by atoms with Crippen molar-refractivity contribution < 1.29 is 28.5 Å². The Morgan fingerprint density at radius 3 is 2.20 bits per heavy atom. The number of nitrogens with zero attached hydrogens (tertiary/aromatic N) is 1. The maximum Gasteiger partial charge on any atom is 0.333 e. The number of ether oxygens (including phenoxy) is 1. The predicted octanol–water partition coefficient (Wildman–Crippen LogP) is 5.66. The van der Waals surface area contributed by atoms with Gasteiger partial charge in [0.2, 0.25) is 8.03 Å². The Balaban J connectivity index is 2.35. The fourth-order valence-electron chi connectivity index (χ4n) is 3.96. The van der Waals surface area contributed by atoms with Crippen LogP contribution in [0.2, 0.25) is 0 Å². The molecule has 3 unspecified atom stereocenters. The molecule has 3 atom stereocenters. The summed E-state index contributed by atoms with van der Waals surface area (Å²) >= 11 is 0. The monoisotopic (exact) mass is 497 g/mol. The molecule has 6 nitrogen and oxygen atoms in total.